The van der Waals surface area contributed by atoms with Gasteiger partial charge in [-0.25, -0.2) is 4.79 Å². The highest BCUT2D eigenvalue weighted by Gasteiger charge is 2.39. The molecule has 1 aliphatic heterocycles. The summed E-state index contributed by atoms with van der Waals surface area (Å²) in [6.45, 7) is 4.26. The molecule has 4 heteroatoms. The third-order valence-corrected chi connectivity index (χ3v) is 1.70. The van der Waals surface area contributed by atoms with Crippen molar-refractivity contribution in [1.29, 1.82) is 0 Å². The highest BCUT2D eigenvalue weighted by atomic mass is 16.6. The molecule has 0 bridgehead atoms. The first-order valence-electron chi connectivity index (χ1n) is 3.52. The van der Waals surface area contributed by atoms with Gasteiger partial charge in [0.25, 0.3) is 0 Å². The molecular weight excluding hydrogens is 148 g/mol. The highest BCUT2D eigenvalue weighted by Crippen LogP contribution is 2.21. The quantitative estimate of drug-likeness (QED) is 0.598. The summed E-state index contributed by atoms with van der Waals surface area (Å²) < 4.78 is 10.3. The minimum absolute atomic E-state index is 0.362. The monoisotopic (exact) mass is 160 g/mol. The molecule has 0 aromatic carbocycles. The fourth-order valence-corrected chi connectivity index (χ4v) is 1.12. The van der Waals surface area contributed by atoms with E-state index in [2.05, 4.69) is 0 Å². The van der Waals surface area contributed by atoms with Crippen molar-refractivity contribution in [2.24, 2.45) is 0 Å². The number of carbonyl (C=O) groups is 1. The molecule has 0 spiro atoms. The van der Waals surface area contributed by atoms with Gasteiger partial charge in [0.15, 0.2) is 6.10 Å². The van der Waals surface area contributed by atoms with Crippen LogP contribution >= 0.6 is 0 Å². The largest absolute Gasteiger partial charge is 0.479 e. The molecule has 0 amide bonds. The van der Waals surface area contributed by atoms with Crippen molar-refractivity contribution in [2.75, 3.05) is 13.2 Å². The molecule has 11 heavy (non-hydrogen) atoms. The van der Waals surface area contributed by atoms with E-state index in [0.717, 1.165) is 0 Å². The zero-order valence-electron chi connectivity index (χ0n) is 6.66. The summed E-state index contributed by atoms with van der Waals surface area (Å²) in [6, 6.07) is 0. The summed E-state index contributed by atoms with van der Waals surface area (Å²) >= 11 is 0. The van der Waals surface area contributed by atoms with E-state index in [1.165, 1.54) is 0 Å². The molecule has 64 valence electrons. The van der Waals surface area contributed by atoms with Crippen LogP contribution in [-0.4, -0.2) is 36.0 Å². The van der Waals surface area contributed by atoms with E-state index in [9.17, 15) is 4.79 Å². The van der Waals surface area contributed by atoms with E-state index < -0.39 is 17.7 Å². The number of rotatable bonds is 1. The zero-order valence-corrected chi connectivity index (χ0v) is 6.66. The minimum Gasteiger partial charge on any atom is -0.479 e. The number of ether oxygens (including phenoxy) is 2. The van der Waals surface area contributed by atoms with Crippen LogP contribution in [0.25, 0.3) is 0 Å². The molecule has 1 rings (SSSR count). The molecule has 0 radical (unpaired) electrons. The predicted molar refractivity (Wildman–Crippen MR) is 37.4 cm³/mol. The van der Waals surface area contributed by atoms with Crippen LogP contribution in [0.1, 0.15) is 13.8 Å². The standard InChI is InChI=1S/C7H12O4/c1-7(2)5(6(8)9)10-3-4-11-7/h5H,3-4H2,1-2H3,(H,8,9)/t5-/m1/s1. The van der Waals surface area contributed by atoms with Crippen LogP contribution < -0.4 is 0 Å². The third kappa shape index (κ3) is 1.70. The molecule has 1 saturated heterocycles. The molecular formula is C7H12O4. The summed E-state index contributed by atoms with van der Waals surface area (Å²) in [7, 11) is 0. The van der Waals surface area contributed by atoms with Crippen LogP contribution in [0.2, 0.25) is 0 Å². The van der Waals surface area contributed by atoms with E-state index in [-0.39, 0.29) is 0 Å². The number of hydrogen-bond acceptors (Lipinski definition) is 3. The second-order valence-electron chi connectivity index (χ2n) is 3.04. The van der Waals surface area contributed by atoms with E-state index in [0.29, 0.717) is 13.2 Å². The number of hydrogen-bond donors (Lipinski definition) is 1. The maximum absolute atomic E-state index is 10.6. The van der Waals surface area contributed by atoms with E-state index in [1.807, 2.05) is 0 Å². The fraction of sp³-hybridized carbons (Fsp3) is 0.857. The van der Waals surface area contributed by atoms with Gasteiger partial charge < -0.3 is 14.6 Å². The predicted octanol–water partition coefficient (Wildman–Crippen LogP) is 0.265. The van der Waals surface area contributed by atoms with Crippen LogP contribution in [0.4, 0.5) is 0 Å². The number of aliphatic carboxylic acids is 1. The van der Waals surface area contributed by atoms with Crippen LogP contribution in [0.5, 0.6) is 0 Å². The van der Waals surface area contributed by atoms with Crippen molar-refractivity contribution in [3.63, 3.8) is 0 Å². The second kappa shape index (κ2) is 2.79. The number of carboxylic acids is 1. The molecule has 0 aromatic rings. The normalized spacial score (nSPS) is 29.8. The van der Waals surface area contributed by atoms with Gasteiger partial charge in [-0.05, 0) is 13.8 Å². The summed E-state index contributed by atoms with van der Waals surface area (Å²) in [6.07, 6.45) is -0.837. The Labute approximate surface area is 65.1 Å². The van der Waals surface area contributed by atoms with E-state index in [1.54, 1.807) is 13.8 Å². The first kappa shape index (κ1) is 8.49. The van der Waals surface area contributed by atoms with Crippen LogP contribution in [0.15, 0.2) is 0 Å². The average molecular weight is 160 g/mol. The van der Waals surface area contributed by atoms with Crippen molar-refractivity contribution in [1.82, 2.24) is 0 Å². The average Bonchev–Trinajstić information content (AvgIpc) is 1.85. The Morgan fingerprint density at radius 1 is 1.55 bits per heavy atom. The summed E-state index contributed by atoms with van der Waals surface area (Å²) in [5, 5.41) is 8.67. The van der Waals surface area contributed by atoms with Gasteiger partial charge in [0.1, 0.15) is 0 Å². The Hall–Kier alpha value is -0.610. The lowest BCUT2D eigenvalue weighted by Gasteiger charge is -2.35. The zero-order chi connectivity index (χ0) is 8.48. The molecule has 0 aromatic heterocycles. The molecule has 1 aliphatic rings. The van der Waals surface area contributed by atoms with Crippen molar-refractivity contribution >= 4 is 5.97 Å². The minimum atomic E-state index is -0.963. The van der Waals surface area contributed by atoms with Gasteiger partial charge in [-0.1, -0.05) is 0 Å². The highest BCUT2D eigenvalue weighted by molar-refractivity contribution is 5.74. The third-order valence-electron chi connectivity index (χ3n) is 1.70. The van der Waals surface area contributed by atoms with Crippen molar-refractivity contribution in [3.05, 3.63) is 0 Å². The van der Waals surface area contributed by atoms with Gasteiger partial charge in [-0.3, -0.25) is 0 Å². The molecule has 4 nitrogen and oxygen atoms in total. The van der Waals surface area contributed by atoms with Crippen LogP contribution in [0.3, 0.4) is 0 Å². The molecule has 0 saturated carbocycles. The maximum atomic E-state index is 10.6. The lowest BCUT2D eigenvalue weighted by atomic mass is 10.0. The van der Waals surface area contributed by atoms with Crippen molar-refractivity contribution < 1.29 is 19.4 Å². The molecule has 1 heterocycles. The van der Waals surface area contributed by atoms with Gasteiger partial charge in [0.2, 0.25) is 0 Å². The van der Waals surface area contributed by atoms with Crippen LogP contribution in [0, 0.1) is 0 Å². The van der Waals surface area contributed by atoms with Gasteiger partial charge in [0, 0.05) is 0 Å². The Morgan fingerprint density at radius 2 is 2.18 bits per heavy atom. The molecule has 1 atom stereocenters. The Balaban J connectivity index is 2.67. The number of carboxylic acid groups (broad SMARTS) is 1. The van der Waals surface area contributed by atoms with Crippen molar-refractivity contribution in [2.45, 2.75) is 25.6 Å². The van der Waals surface area contributed by atoms with Gasteiger partial charge >= 0.3 is 5.97 Å². The molecule has 1 N–H and O–H groups in total. The first-order valence-corrected chi connectivity index (χ1v) is 3.52. The summed E-state index contributed by atoms with van der Waals surface area (Å²) in [4.78, 5) is 10.6. The topological polar surface area (TPSA) is 55.8 Å². The molecule has 1 fully saturated rings. The summed E-state index contributed by atoms with van der Waals surface area (Å²) in [5.41, 5.74) is -0.704. The lowest BCUT2D eigenvalue weighted by Crippen LogP contribution is -2.50. The van der Waals surface area contributed by atoms with Crippen LogP contribution in [-0.2, 0) is 14.3 Å². The SMILES string of the molecule is CC1(C)OCCO[C@@H]1C(=O)O. The first-order chi connectivity index (χ1) is 5.04. The lowest BCUT2D eigenvalue weighted by molar-refractivity contribution is -0.203. The van der Waals surface area contributed by atoms with E-state index in [4.69, 9.17) is 14.6 Å². The fourth-order valence-electron chi connectivity index (χ4n) is 1.12. The summed E-state index contributed by atoms with van der Waals surface area (Å²) in [5.74, 6) is -0.963. The molecule has 0 unspecified atom stereocenters. The second-order valence-corrected chi connectivity index (χ2v) is 3.04. The van der Waals surface area contributed by atoms with Crippen molar-refractivity contribution in [3.8, 4) is 0 Å². The van der Waals surface area contributed by atoms with E-state index >= 15 is 0 Å². The Kier molecular flexibility index (Phi) is 2.15. The van der Waals surface area contributed by atoms with Gasteiger partial charge in [-0.2, -0.15) is 0 Å². The maximum Gasteiger partial charge on any atom is 0.335 e. The van der Waals surface area contributed by atoms with Gasteiger partial charge in [-0.15, -0.1) is 0 Å². The molecule has 0 aliphatic carbocycles. The van der Waals surface area contributed by atoms with Gasteiger partial charge in [0.05, 0.1) is 18.8 Å². The smallest absolute Gasteiger partial charge is 0.335 e. The Morgan fingerprint density at radius 3 is 2.55 bits per heavy atom. The Bertz CT molecular complexity index is 164.